The van der Waals surface area contributed by atoms with Crippen LogP contribution in [0.4, 0.5) is 0 Å². The third-order valence-corrected chi connectivity index (χ3v) is 4.82. The summed E-state index contributed by atoms with van der Waals surface area (Å²) in [7, 11) is -0.903. The molecule has 1 aliphatic carbocycles. The zero-order chi connectivity index (χ0) is 15.5. The van der Waals surface area contributed by atoms with Gasteiger partial charge in [0, 0.05) is 40.9 Å². The van der Waals surface area contributed by atoms with Gasteiger partial charge in [0.05, 0.1) is 17.8 Å². The van der Waals surface area contributed by atoms with Crippen LogP contribution in [0.25, 0.3) is 11.0 Å². The average Bonchev–Trinajstić information content (AvgIpc) is 3.14. The normalized spacial score (nSPS) is 17.0. The second-order valence-corrected chi connectivity index (χ2v) is 7.25. The maximum Gasteiger partial charge on any atom is 0.252 e. The van der Waals surface area contributed by atoms with E-state index in [4.69, 9.17) is 0 Å². The van der Waals surface area contributed by atoms with Crippen LogP contribution in [-0.2, 0) is 10.8 Å². The molecule has 22 heavy (non-hydrogen) atoms. The topological polar surface area (TPSA) is 76.9 Å². The van der Waals surface area contributed by atoms with Gasteiger partial charge in [-0.05, 0) is 18.9 Å². The van der Waals surface area contributed by atoms with Crippen LogP contribution in [0.3, 0.4) is 0 Å². The summed E-state index contributed by atoms with van der Waals surface area (Å²) in [5.41, 5.74) is 1.36. The lowest BCUT2D eigenvalue weighted by Gasteiger charge is -2.10. The fraction of sp³-hybridized carbons (Fsp3) is 0.533. The molecule has 2 aromatic rings. The molecule has 1 atom stereocenters. The lowest BCUT2D eigenvalue weighted by Crippen LogP contribution is -2.27. The standard InChI is InChI=1S/C15H20N4O2S/c1-22(21)7-6-16-15(20)12-8-11-10-18-19(14(11)17-9-12)13-4-2-3-5-13/h8-10,13H,2-7H2,1H3,(H,16,20). The number of nitrogens with zero attached hydrogens (tertiary/aromatic N) is 3. The summed E-state index contributed by atoms with van der Waals surface area (Å²) >= 11 is 0. The first-order chi connectivity index (χ1) is 10.6. The number of carbonyl (C=O) groups is 1. The van der Waals surface area contributed by atoms with Crippen LogP contribution in [0.15, 0.2) is 18.5 Å². The molecule has 0 bridgehead atoms. The van der Waals surface area contributed by atoms with Crippen molar-refractivity contribution in [3.05, 3.63) is 24.0 Å². The van der Waals surface area contributed by atoms with E-state index in [-0.39, 0.29) is 5.91 Å². The Bertz CT molecular complexity index is 707. The van der Waals surface area contributed by atoms with Crippen molar-refractivity contribution < 1.29 is 9.00 Å². The van der Waals surface area contributed by atoms with E-state index in [2.05, 4.69) is 15.4 Å². The van der Waals surface area contributed by atoms with Crippen LogP contribution in [0, 0.1) is 0 Å². The van der Waals surface area contributed by atoms with E-state index in [9.17, 15) is 9.00 Å². The number of hydrogen-bond acceptors (Lipinski definition) is 4. The van der Waals surface area contributed by atoms with E-state index in [0.717, 1.165) is 23.9 Å². The number of aromatic nitrogens is 3. The Morgan fingerprint density at radius 1 is 1.41 bits per heavy atom. The van der Waals surface area contributed by atoms with E-state index in [1.165, 1.54) is 12.8 Å². The van der Waals surface area contributed by atoms with Crippen molar-refractivity contribution >= 4 is 27.7 Å². The van der Waals surface area contributed by atoms with Crippen molar-refractivity contribution in [2.75, 3.05) is 18.6 Å². The van der Waals surface area contributed by atoms with Crippen molar-refractivity contribution in [1.82, 2.24) is 20.1 Å². The molecule has 0 saturated heterocycles. The third kappa shape index (κ3) is 3.19. The Morgan fingerprint density at radius 2 is 2.18 bits per heavy atom. The van der Waals surface area contributed by atoms with Crippen molar-refractivity contribution in [2.45, 2.75) is 31.7 Å². The molecule has 1 N–H and O–H groups in total. The lowest BCUT2D eigenvalue weighted by molar-refractivity contribution is 0.0956. The predicted octanol–water partition coefficient (Wildman–Crippen LogP) is 1.65. The smallest absolute Gasteiger partial charge is 0.252 e. The van der Waals surface area contributed by atoms with Gasteiger partial charge in [0.2, 0.25) is 0 Å². The molecule has 2 aromatic heterocycles. The minimum absolute atomic E-state index is 0.187. The zero-order valence-corrected chi connectivity index (χ0v) is 13.4. The van der Waals surface area contributed by atoms with Gasteiger partial charge in [-0.1, -0.05) is 12.8 Å². The minimum atomic E-state index is -0.903. The largest absolute Gasteiger partial charge is 0.351 e. The quantitative estimate of drug-likeness (QED) is 0.909. The van der Waals surface area contributed by atoms with Gasteiger partial charge in [-0.2, -0.15) is 5.10 Å². The van der Waals surface area contributed by atoms with E-state index < -0.39 is 10.8 Å². The SMILES string of the molecule is CS(=O)CCNC(=O)c1cnc2c(cnn2C2CCCC2)c1. The maximum absolute atomic E-state index is 12.1. The van der Waals surface area contributed by atoms with E-state index in [1.807, 2.05) is 10.7 Å². The maximum atomic E-state index is 12.1. The fourth-order valence-corrected chi connectivity index (χ4v) is 3.28. The second-order valence-electron chi connectivity index (χ2n) is 5.70. The molecule has 0 aliphatic heterocycles. The molecule has 118 valence electrons. The monoisotopic (exact) mass is 320 g/mol. The Balaban J connectivity index is 1.76. The summed E-state index contributed by atoms with van der Waals surface area (Å²) in [6.07, 6.45) is 9.77. The van der Waals surface area contributed by atoms with Crippen LogP contribution in [0.2, 0.25) is 0 Å². The van der Waals surface area contributed by atoms with Crippen molar-refractivity contribution in [3.63, 3.8) is 0 Å². The van der Waals surface area contributed by atoms with Gasteiger partial charge in [0.15, 0.2) is 5.65 Å². The molecule has 1 saturated carbocycles. The number of fused-ring (bicyclic) bond motifs is 1. The van der Waals surface area contributed by atoms with Gasteiger partial charge in [-0.25, -0.2) is 9.67 Å². The third-order valence-electron chi connectivity index (χ3n) is 4.04. The van der Waals surface area contributed by atoms with Gasteiger partial charge in [0.25, 0.3) is 5.91 Å². The molecule has 2 heterocycles. The lowest BCUT2D eigenvalue weighted by atomic mass is 10.2. The molecule has 7 heteroatoms. The highest BCUT2D eigenvalue weighted by molar-refractivity contribution is 7.84. The molecule has 6 nitrogen and oxygen atoms in total. The number of hydrogen-bond donors (Lipinski definition) is 1. The first kappa shape index (κ1) is 15.1. The minimum Gasteiger partial charge on any atom is -0.351 e. The molecular formula is C15H20N4O2S. The van der Waals surface area contributed by atoms with Crippen LogP contribution in [-0.4, -0.2) is 43.4 Å². The molecule has 1 fully saturated rings. The zero-order valence-electron chi connectivity index (χ0n) is 12.6. The summed E-state index contributed by atoms with van der Waals surface area (Å²) in [5, 5.41) is 8.09. The Hall–Kier alpha value is -1.76. The number of nitrogens with one attached hydrogen (secondary N) is 1. The van der Waals surface area contributed by atoms with Crippen LogP contribution >= 0.6 is 0 Å². The summed E-state index contributed by atoms with van der Waals surface area (Å²) in [6.45, 7) is 0.404. The van der Waals surface area contributed by atoms with Crippen LogP contribution < -0.4 is 5.32 Å². The number of carbonyl (C=O) groups excluding carboxylic acids is 1. The summed E-state index contributed by atoms with van der Waals surface area (Å²) in [6, 6.07) is 2.25. The van der Waals surface area contributed by atoms with Crippen molar-refractivity contribution in [2.24, 2.45) is 0 Å². The van der Waals surface area contributed by atoms with Gasteiger partial charge >= 0.3 is 0 Å². The number of rotatable bonds is 5. The van der Waals surface area contributed by atoms with E-state index in [1.54, 1.807) is 18.6 Å². The molecule has 0 spiro atoms. The molecule has 3 rings (SSSR count). The average molecular weight is 320 g/mol. The molecular weight excluding hydrogens is 300 g/mol. The molecule has 0 radical (unpaired) electrons. The Morgan fingerprint density at radius 3 is 2.91 bits per heavy atom. The first-order valence-corrected chi connectivity index (χ1v) is 9.29. The summed E-state index contributed by atoms with van der Waals surface area (Å²) < 4.78 is 13.0. The Kier molecular flexibility index (Phi) is 4.52. The van der Waals surface area contributed by atoms with Crippen LogP contribution in [0.5, 0.6) is 0 Å². The molecule has 1 aliphatic rings. The summed E-state index contributed by atoms with van der Waals surface area (Å²) in [5.74, 6) is 0.273. The molecule has 1 unspecified atom stereocenters. The van der Waals surface area contributed by atoms with E-state index >= 15 is 0 Å². The molecule has 0 aromatic carbocycles. The van der Waals surface area contributed by atoms with Crippen molar-refractivity contribution in [3.8, 4) is 0 Å². The highest BCUT2D eigenvalue weighted by atomic mass is 32.2. The highest BCUT2D eigenvalue weighted by Crippen LogP contribution is 2.31. The van der Waals surface area contributed by atoms with E-state index in [0.29, 0.717) is 23.9 Å². The fourth-order valence-electron chi connectivity index (χ4n) is 2.89. The van der Waals surface area contributed by atoms with Gasteiger partial charge in [-0.15, -0.1) is 0 Å². The van der Waals surface area contributed by atoms with Crippen LogP contribution in [0.1, 0.15) is 42.1 Å². The number of amides is 1. The van der Waals surface area contributed by atoms with Gasteiger partial charge in [0.1, 0.15) is 0 Å². The van der Waals surface area contributed by atoms with Gasteiger partial charge < -0.3 is 5.32 Å². The van der Waals surface area contributed by atoms with Gasteiger partial charge in [-0.3, -0.25) is 9.00 Å². The second kappa shape index (κ2) is 6.56. The number of pyridine rings is 1. The van der Waals surface area contributed by atoms with Crippen molar-refractivity contribution in [1.29, 1.82) is 0 Å². The summed E-state index contributed by atoms with van der Waals surface area (Å²) in [4.78, 5) is 16.5. The highest BCUT2D eigenvalue weighted by Gasteiger charge is 2.20. The molecule has 1 amide bonds. The Labute approximate surface area is 131 Å². The predicted molar refractivity (Wildman–Crippen MR) is 86.3 cm³/mol. The first-order valence-electron chi connectivity index (χ1n) is 7.56.